The van der Waals surface area contributed by atoms with Gasteiger partial charge in [-0.05, 0) is 55.3 Å². The number of oxazole rings is 1. The molecule has 3 aromatic rings. The molecule has 0 fully saturated rings. The minimum absolute atomic E-state index is 0.178. The highest BCUT2D eigenvalue weighted by Crippen LogP contribution is 2.31. The summed E-state index contributed by atoms with van der Waals surface area (Å²) in [5, 5.41) is 3.17. The molecule has 0 aliphatic rings. The average Bonchev–Trinajstić information content (AvgIpc) is 2.84. The second-order valence-electron chi connectivity index (χ2n) is 5.30. The Bertz CT molecular complexity index is 845. The Balaban J connectivity index is 2.09. The van der Waals surface area contributed by atoms with Crippen LogP contribution in [0.15, 0.2) is 34.7 Å². The molecule has 1 heterocycles. The number of carbonyl (C=O) groups is 1. The lowest BCUT2D eigenvalue weighted by Gasteiger charge is -2.05. The third-order valence-corrected chi connectivity index (χ3v) is 3.86. The monoisotopic (exact) mass is 314 g/mol. The molecular formula is C17H15ClN2O2. The summed E-state index contributed by atoms with van der Waals surface area (Å²) in [6.45, 7) is 5.52. The highest BCUT2D eigenvalue weighted by molar-refractivity contribution is 6.33. The van der Waals surface area contributed by atoms with E-state index in [0.29, 0.717) is 16.6 Å². The Kier molecular flexibility index (Phi) is 3.62. The molecule has 3 rings (SSSR count). The lowest BCUT2D eigenvalue weighted by Crippen LogP contribution is -2.06. The summed E-state index contributed by atoms with van der Waals surface area (Å²) in [5.74, 6) is 0.325. The van der Waals surface area contributed by atoms with Gasteiger partial charge < -0.3 is 9.73 Å². The maximum absolute atomic E-state index is 11.2. The molecule has 0 bridgehead atoms. The van der Waals surface area contributed by atoms with Crippen LogP contribution in [0.5, 0.6) is 0 Å². The van der Waals surface area contributed by atoms with Crippen LogP contribution in [-0.4, -0.2) is 10.9 Å². The summed E-state index contributed by atoms with van der Waals surface area (Å²) in [7, 11) is 0. The van der Waals surface area contributed by atoms with Gasteiger partial charge in [0.1, 0.15) is 5.52 Å². The van der Waals surface area contributed by atoms with Crippen molar-refractivity contribution in [1.82, 2.24) is 4.98 Å². The van der Waals surface area contributed by atoms with E-state index >= 15 is 0 Å². The Morgan fingerprint density at radius 3 is 2.64 bits per heavy atom. The molecular weight excluding hydrogens is 300 g/mol. The lowest BCUT2D eigenvalue weighted by atomic mass is 10.1. The maximum atomic E-state index is 11.2. The van der Waals surface area contributed by atoms with E-state index in [-0.39, 0.29) is 5.91 Å². The van der Waals surface area contributed by atoms with Crippen molar-refractivity contribution in [3.63, 3.8) is 0 Å². The number of benzene rings is 2. The smallest absolute Gasteiger partial charge is 0.227 e. The maximum Gasteiger partial charge on any atom is 0.227 e. The molecule has 112 valence electrons. The van der Waals surface area contributed by atoms with E-state index < -0.39 is 0 Å². The summed E-state index contributed by atoms with van der Waals surface area (Å²) >= 11 is 6.08. The van der Waals surface area contributed by atoms with Gasteiger partial charge in [-0.25, -0.2) is 4.98 Å². The van der Waals surface area contributed by atoms with E-state index in [0.717, 1.165) is 22.2 Å². The first-order valence-corrected chi connectivity index (χ1v) is 7.27. The van der Waals surface area contributed by atoms with E-state index in [2.05, 4.69) is 10.3 Å². The first-order chi connectivity index (χ1) is 10.4. The number of hydrogen-bond donors (Lipinski definition) is 1. The zero-order valence-electron chi connectivity index (χ0n) is 12.5. The van der Waals surface area contributed by atoms with Crippen molar-refractivity contribution in [3.8, 4) is 11.5 Å². The predicted molar refractivity (Wildman–Crippen MR) is 88.2 cm³/mol. The van der Waals surface area contributed by atoms with Crippen LogP contribution in [0, 0.1) is 13.8 Å². The van der Waals surface area contributed by atoms with E-state index in [1.165, 1.54) is 12.5 Å². The standard InChI is InChI=1S/C17H15ClN2O2/c1-9-6-15-16(7-10(9)2)22-17(20-15)12-4-5-13(18)14(8-12)19-11(3)21/h4-8H,1-3H3,(H,19,21). The minimum Gasteiger partial charge on any atom is -0.436 e. The quantitative estimate of drug-likeness (QED) is 0.744. The van der Waals surface area contributed by atoms with Crippen LogP contribution >= 0.6 is 11.6 Å². The van der Waals surface area contributed by atoms with Crippen molar-refractivity contribution in [3.05, 3.63) is 46.5 Å². The fourth-order valence-electron chi connectivity index (χ4n) is 2.25. The zero-order valence-corrected chi connectivity index (χ0v) is 13.3. The van der Waals surface area contributed by atoms with Gasteiger partial charge in [0.2, 0.25) is 11.8 Å². The van der Waals surface area contributed by atoms with Gasteiger partial charge in [0.05, 0.1) is 10.7 Å². The normalized spacial score (nSPS) is 10.9. The molecule has 0 aliphatic heterocycles. The molecule has 1 aromatic heterocycles. The van der Waals surface area contributed by atoms with Crippen molar-refractivity contribution in [1.29, 1.82) is 0 Å². The van der Waals surface area contributed by atoms with Gasteiger partial charge in [0.15, 0.2) is 5.58 Å². The number of nitrogens with zero attached hydrogens (tertiary/aromatic N) is 1. The second kappa shape index (κ2) is 5.46. The highest BCUT2D eigenvalue weighted by atomic mass is 35.5. The largest absolute Gasteiger partial charge is 0.436 e. The van der Waals surface area contributed by atoms with Crippen molar-refractivity contribution < 1.29 is 9.21 Å². The molecule has 0 unspecified atom stereocenters. The first-order valence-electron chi connectivity index (χ1n) is 6.89. The van der Waals surface area contributed by atoms with Crippen LogP contribution in [0.3, 0.4) is 0 Å². The molecule has 0 spiro atoms. The number of amides is 1. The molecule has 2 aromatic carbocycles. The van der Waals surface area contributed by atoms with E-state index in [1.807, 2.05) is 32.0 Å². The fraction of sp³-hybridized carbons (Fsp3) is 0.176. The SMILES string of the molecule is CC(=O)Nc1cc(-c2nc3cc(C)c(C)cc3o2)ccc1Cl. The van der Waals surface area contributed by atoms with Gasteiger partial charge in [0, 0.05) is 12.5 Å². The van der Waals surface area contributed by atoms with Gasteiger partial charge in [-0.3, -0.25) is 4.79 Å². The predicted octanol–water partition coefficient (Wildman–Crippen LogP) is 4.72. The molecule has 0 saturated carbocycles. The molecule has 1 amide bonds. The van der Waals surface area contributed by atoms with E-state index in [1.54, 1.807) is 12.1 Å². The van der Waals surface area contributed by atoms with Crippen LogP contribution in [-0.2, 0) is 4.79 Å². The summed E-state index contributed by atoms with van der Waals surface area (Å²) in [6, 6.07) is 9.27. The van der Waals surface area contributed by atoms with Gasteiger partial charge in [-0.1, -0.05) is 11.6 Å². The van der Waals surface area contributed by atoms with Gasteiger partial charge in [-0.15, -0.1) is 0 Å². The number of halogens is 1. The van der Waals surface area contributed by atoms with Crippen molar-refractivity contribution in [2.45, 2.75) is 20.8 Å². The minimum atomic E-state index is -0.178. The van der Waals surface area contributed by atoms with Crippen molar-refractivity contribution in [2.75, 3.05) is 5.32 Å². The molecule has 0 atom stereocenters. The van der Waals surface area contributed by atoms with E-state index in [9.17, 15) is 4.79 Å². The van der Waals surface area contributed by atoms with Gasteiger partial charge in [0.25, 0.3) is 0 Å². The first kappa shape index (κ1) is 14.6. The molecule has 4 nitrogen and oxygen atoms in total. The van der Waals surface area contributed by atoms with Gasteiger partial charge in [-0.2, -0.15) is 0 Å². The van der Waals surface area contributed by atoms with Crippen LogP contribution in [0.2, 0.25) is 5.02 Å². The third-order valence-electron chi connectivity index (χ3n) is 3.53. The Morgan fingerprint density at radius 2 is 1.91 bits per heavy atom. The van der Waals surface area contributed by atoms with Crippen LogP contribution < -0.4 is 5.32 Å². The Hall–Kier alpha value is -2.33. The fourth-order valence-corrected chi connectivity index (χ4v) is 2.41. The summed E-state index contributed by atoms with van der Waals surface area (Å²) in [4.78, 5) is 15.7. The summed E-state index contributed by atoms with van der Waals surface area (Å²) in [6.07, 6.45) is 0. The number of carbonyl (C=O) groups excluding carboxylic acids is 1. The Morgan fingerprint density at radius 1 is 1.18 bits per heavy atom. The van der Waals surface area contributed by atoms with Crippen molar-refractivity contribution >= 4 is 34.3 Å². The number of rotatable bonds is 2. The highest BCUT2D eigenvalue weighted by Gasteiger charge is 2.12. The average molecular weight is 315 g/mol. The number of aromatic nitrogens is 1. The molecule has 5 heteroatoms. The van der Waals surface area contributed by atoms with Crippen molar-refractivity contribution in [2.24, 2.45) is 0 Å². The van der Waals surface area contributed by atoms with Crippen LogP contribution in [0.25, 0.3) is 22.6 Å². The lowest BCUT2D eigenvalue weighted by molar-refractivity contribution is -0.114. The Labute approximate surface area is 133 Å². The number of fused-ring (bicyclic) bond motifs is 1. The number of hydrogen-bond acceptors (Lipinski definition) is 3. The molecule has 0 saturated heterocycles. The summed E-state index contributed by atoms with van der Waals surface area (Å²) < 4.78 is 5.82. The molecule has 1 N–H and O–H groups in total. The van der Waals surface area contributed by atoms with Gasteiger partial charge >= 0.3 is 0 Å². The third kappa shape index (κ3) is 2.70. The molecule has 0 radical (unpaired) electrons. The van der Waals surface area contributed by atoms with E-state index in [4.69, 9.17) is 16.0 Å². The summed E-state index contributed by atoms with van der Waals surface area (Å²) in [5.41, 5.74) is 5.19. The second-order valence-corrected chi connectivity index (χ2v) is 5.71. The topological polar surface area (TPSA) is 55.1 Å². The number of nitrogens with one attached hydrogen (secondary N) is 1. The van der Waals surface area contributed by atoms with Crippen LogP contribution in [0.1, 0.15) is 18.1 Å². The zero-order chi connectivity index (χ0) is 15.9. The molecule has 22 heavy (non-hydrogen) atoms. The molecule has 0 aliphatic carbocycles. The van der Waals surface area contributed by atoms with Crippen LogP contribution in [0.4, 0.5) is 5.69 Å². The number of aryl methyl sites for hydroxylation is 2. The number of anilines is 1.